The minimum Gasteiger partial charge on any atom is -0.496 e. The van der Waals surface area contributed by atoms with Gasteiger partial charge in [0, 0.05) is 0 Å². The van der Waals surface area contributed by atoms with E-state index in [1.54, 1.807) is 14.2 Å². The molecule has 2 unspecified atom stereocenters. The van der Waals surface area contributed by atoms with Gasteiger partial charge in [-0.1, -0.05) is 53.7 Å². The van der Waals surface area contributed by atoms with E-state index >= 15 is 0 Å². The van der Waals surface area contributed by atoms with E-state index in [9.17, 15) is 0 Å². The van der Waals surface area contributed by atoms with Crippen LogP contribution in [-0.4, -0.2) is 36.2 Å². The van der Waals surface area contributed by atoms with E-state index in [4.69, 9.17) is 18.9 Å². The van der Waals surface area contributed by atoms with Crippen LogP contribution in [0.1, 0.15) is 41.5 Å². The lowest BCUT2D eigenvalue weighted by Gasteiger charge is -2.39. The van der Waals surface area contributed by atoms with Crippen LogP contribution in [0.5, 0.6) is 23.0 Å². The average Bonchev–Trinajstić information content (AvgIpc) is 3.25. The molecular formula is C24H32O4P2. The highest BCUT2D eigenvalue weighted by Gasteiger charge is 2.55. The average molecular weight is 446 g/mol. The first kappa shape index (κ1) is 21.7. The number of methoxy groups -OCH3 is 2. The highest BCUT2D eigenvalue weighted by Crippen LogP contribution is 2.69. The minimum atomic E-state index is -0.690. The third kappa shape index (κ3) is 3.47. The lowest BCUT2D eigenvalue weighted by atomic mass is 10.2. The van der Waals surface area contributed by atoms with E-state index in [2.05, 4.69) is 53.7 Å². The Morgan fingerprint density at radius 3 is 1.33 bits per heavy atom. The van der Waals surface area contributed by atoms with Gasteiger partial charge in [-0.3, -0.25) is 0 Å². The Morgan fingerprint density at radius 2 is 1.03 bits per heavy atom. The second-order valence-electron chi connectivity index (χ2n) is 9.71. The van der Waals surface area contributed by atoms with E-state index in [1.807, 2.05) is 24.3 Å². The van der Waals surface area contributed by atoms with Crippen LogP contribution in [-0.2, 0) is 0 Å². The van der Waals surface area contributed by atoms with Crippen LogP contribution in [0.3, 0.4) is 0 Å². The van der Waals surface area contributed by atoms with E-state index in [-0.39, 0.29) is 22.0 Å². The van der Waals surface area contributed by atoms with Gasteiger partial charge in [-0.05, 0) is 50.4 Å². The van der Waals surface area contributed by atoms with Gasteiger partial charge in [0.25, 0.3) is 0 Å². The molecule has 30 heavy (non-hydrogen) atoms. The molecule has 2 aliphatic heterocycles. The molecule has 0 aliphatic carbocycles. The maximum atomic E-state index is 6.70. The molecule has 0 bridgehead atoms. The van der Waals surface area contributed by atoms with E-state index in [0.717, 1.165) is 23.0 Å². The van der Waals surface area contributed by atoms with Crippen LogP contribution in [0.4, 0.5) is 0 Å². The second-order valence-corrected chi connectivity index (χ2v) is 15.8. The molecule has 0 aromatic heterocycles. The molecule has 0 saturated carbocycles. The summed E-state index contributed by atoms with van der Waals surface area (Å²) in [6, 6.07) is 12.3. The van der Waals surface area contributed by atoms with Crippen LogP contribution >= 0.6 is 15.8 Å². The molecule has 0 N–H and O–H groups in total. The van der Waals surface area contributed by atoms with Crippen molar-refractivity contribution in [3.8, 4) is 23.0 Å². The molecule has 162 valence electrons. The Labute approximate surface area is 182 Å². The number of ether oxygens (including phenoxy) is 4. The predicted molar refractivity (Wildman–Crippen MR) is 127 cm³/mol. The lowest BCUT2D eigenvalue weighted by Crippen LogP contribution is -2.38. The lowest BCUT2D eigenvalue weighted by molar-refractivity contribution is 0.171. The summed E-state index contributed by atoms with van der Waals surface area (Å²) in [6.07, 6.45) is 0. The summed E-state index contributed by atoms with van der Waals surface area (Å²) in [5.74, 6) is 3.66. The van der Waals surface area contributed by atoms with Crippen LogP contribution in [0.15, 0.2) is 36.4 Å². The standard InChI is InChI=1S/C24H32O4P2/c1-23(2,3)29-19-15(25-7)11-9-13-17(19)27-21(29)22-28-18-14-10-12-16(26-8)20(18)30(22)24(4,5)6/h9-14,21-22H,1-8H3/t21-,22-,29?,30?/m0/s1. The van der Waals surface area contributed by atoms with Crippen LogP contribution in [0, 0.1) is 0 Å². The number of hydrogen-bond donors (Lipinski definition) is 0. The molecule has 0 fully saturated rings. The molecule has 4 nitrogen and oxygen atoms in total. The monoisotopic (exact) mass is 446 g/mol. The molecular weight excluding hydrogens is 414 g/mol. The first-order valence-electron chi connectivity index (χ1n) is 10.3. The summed E-state index contributed by atoms with van der Waals surface area (Å²) in [7, 11) is 2.11. The van der Waals surface area contributed by atoms with Crippen molar-refractivity contribution in [2.75, 3.05) is 14.2 Å². The predicted octanol–water partition coefficient (Wildman–Crippen LogP) is 5.65. The van der Waals surface area contributed by atoms with Gasteiger partial charge in [-0.25, -0.2) is 0 Å². The first-order valence-corrected chi connectivity index (χ1v) is 13.2. The first-order chi connectivity index (χ1) is 14.1. The van der Waals surface area contributed by atoms with Gasteiger partial charge in [0.1, 0.15) is 23.0 Å². The fraction of sp³-hybridized carbons (Fsp3) is 0.500. The molecule has 2 heterocycles. The zero-order valence-corrected chi connectivity index (χ0v) is 20.9. The normalized spacial score (nSPS) is 25.2. The number of hydrogen-bond acceptors (Lipinski definition) is 4. The van der Waals surface area contributed by atoms with E-state index in [0.29, 0.717) is 0 Å². The van der Waals surface area contributed by atoms with Crippen molar-refractivity contribution in [3.05, 3.63) is 36.4 Å². The Balaban J connectivity index is 1.85. The van der Waals surface area contributed by atoms with Crippen molar-refractivity contribution in [3.63, 3.8) is 0 Å². The molecule has 2 aliphatic rings. The van der Waals surface area contributed by atoms with Gasteiger partial charge in [-0.15, -0.1) is 0 Å². The van der Waals surface area contributed by atoms with Crippen molar-refractivity contribution < 1.29 is 18.9 Å². The molecule has 2 aromatic carbocycles. The summed E-state index contributed by atoms with van der Waals surface area (Å²) in [5, 5.41) is 2.54. The van der Waals surface area contributed by atoms with Crippen LogP contribution < -0.4 is 29.6 Å². The Morgan fingerprint density at radius 1 is 0.667 bits per heavy atom. The topological polar surface area (TPSA) is 36.9 Å². The SMILES string of the molecule is COc1cccc2c1P(C(C)(C)C)[C@@H]([C@H]1Oc3cccc(OC)c3P1C(C)(C)C)O2. The highest BCUT2D eigenvalue weighted by atomic mass is 31.1. The maximum Gasteiger partial charge on any atom is 0.162 e. The van der Waals surface area contributed by atoms with Crippen LogP contribution in [0.25, 0.3) is 0 Å². The smallest absolute Gasteiger partial charge is 0.162 e. The Kier molecular flexibility index (Phi) is 5.48. The number of rotatable bonds is 3. The summed E-state index contributed by atoms with van der Waals surface area (Å²) in [4.78, 5) is 0. The van der Waals surface area contributed by atoms with Gasteiger partial charge in [0.2, 0.25) is 0 Å². The fourth-order valence-corrected chi connectivity index (χ4v) is 11.2. The quantitative estimate of drug-likeness (QED) is 0.571. The maximum absolute atomic E-state index is 6.70. The van der Waals surface area contributed by atoms with Crippen molar-refractivity contribution in [1.82, 2.24) is 0 Å². The van der Waals surface area contributed by atoms with Gasteiger partial charge in [0.05, 0.1) is 24.8 Å². The Bertz CT molecular complexity index is 868. The molecule has 4 rings (SSSR count). The largest absolute Gasteiger partial charge is 0.496 e. The van der Waals surface area contributed by atoms with Crippen molar-refractivity contribution in [1.29, 1.82) is 0 Å². The van der Waals surface area contributed by atoms with Gasteiger partial charge < -0.3 is 18.9 Å². The summed E-state index contributed by atoms with van der Waals surface area (Å²) in [5.41, 5.74) is 0. The highest BCUT2D eigenvalue weighted by molar-refractivity contribution is 7.72. The molecule has 2 aromatic rings. The zero-order chi connectivity index (χ0) is 21.8. The van der Waals surface area contributed by atoms with Crippen molar-refractivity contribution in [2.45, 2.75) is 63.5 Å². The summed E-state index contributed by atoms with van der Waals surface area (Å²) >= 11 is 0. The van der Waals surface area contributed by atoms with Gasteiger partial charge in [-0.2, -0.15) is 0 Å². The summed E-state index contributed by atoms with van der Waals surface area (Å²) < 4.78 is 24.9. The van der Waals surface area contributed by atoms with E-state index < -0.39 is 15.8 Å². The molecule has 0 amide bonds. The molecule has 0 radical (unpaired) electrons. The van der Waals surface area contributed by atoms with Crippen molar-refractivity contribution >= 4 is 26.5 Å². The van der Waals surface area contributed by atoms with Crippen LogP contribution in [0.2, 0.25) is 0 Å². The molecule has 0 saturated heterocycles. The minimum absolute atomic E-state index is 0.0336. The Hall–Kier alpha value is -1.50. The number of fused-ring (bicyclic) bond motifs is 2. The third-order valence-corrected chi connectivity index (χ3v) is 12.3. The van der Waals surface area contributed by atoms with Gasteiger partial charge in [0.15, 0.2) is 11.7 Å². The third-order valence-electron chi connectivity index (χ3n) is 5.54. The van der Waals surface area contributed by atoms with Crippen molar-refractivity contribution in [2.24, 2.45) is 0 Å². The number of benzene rings is 2. The fourth-order valence-electron chi connectivity index (χ4n) is 4.42. The second kappa shape index (κ2) is 7.57. The van der Waals surface area contributed by atoms with Gasteiger partial charge >= 0.3 is 0 Å². The molecule has 4 atom stereocenters. The molecule has 0 spiro atoms. The van der Waals surface area contributed by atoms with E-state index in [1.165, 1.54) is 10.6 Å². The molecule has 6 heteroatoms. The zero-order valence-electron chi connectivity index (χ0n) is 19.1. The summed E-state index contributed by atoms with van der Waals surface area (Å²) in [6.45, 7) is 13.8.